The van der Waals surface area contributed by atoms with Crippen molar-refractivity contribution in [2.75, 3.05) is 13.7 Å². The zero-order chi connectivity index (χ0) is 13.0. The van der Waals surface area contributed by atoms with Gasteiger partial charge in [-0.05, 0) is 18.9 Å². The highest BCUT2D eigenvalue weighted by Crippen LogP contribution is 2.20. The maximum Gasteiger partial charge on any atom is 0.122 e. The molecule has 0 amide bonds. The minimum Gasteiger partial charge on any atom is -0.396 e. The van der Waals surface area contributed by atoms with Crippen LogP contribution in [0, 0.1) is 0 Å². The van der Waals surface area contributed by atoms with Crippen molar-refractivity contribution in [3.05, 3.63) is 34.0 Å². The molecule has 0 spiro atoms. The van der Waals surface area contributed by atoms with Crippen molar-refractivity contribution >= 4 is 11.3 Å². The molecule has 0 saturated carbocycles. The van der Waals surface area contributed by atoms with Crippen LogP contribution < -0.4 is 0 Å². The zero-order valence-corrected chi connectivity index (χ0v) is 11.4. The third-order valence-corrected chi connectivity index (χ3v) is 3.74. The fraction of sp³-hybridized carbons (Fsp3) is 0.500. The molecule has 2 aromatic heterocycles. The van der Waals surface area contributed by atoms with Crippen molar-refractivity contribution in [1.29, 1.82) is 0 Å². The van der Waals surface area contributed by atoms with Crippen LogP contribution in [0.3, 0.4) is 0 Å². The molecule has 98 valence electrons. The third-order valence-electron chi connectivity index (χ3n) is 2.68. The van der Waals surface area contributed by atoms with E-state index < -0.39 is 0 Å². The number of methoxy groups -OCH3 is 1. The van der Waals surface area contributed by atoms with Crippen LogP contribution in [-0.4, -0.2) is 33.6 Å². The molecule has 0 saturated heterocycles. The summed E-state index contributed by atoms with van der Waals surface area (Å²) in [5.74, 6) is 0. The number of nitrogens with zero attached hydrogens (tertiary/aromatic N) is 3. The van der Waals surface area contributed by atoms with Gasteiger partial charge >= 0.3 is 0 Å². The molecular weight excluding hydrogens is 250 g/mol. The van der Waals surface area contributed by atoms with Crippen LogP contribution in [0.15, 0.2) is 17.8 Å². The maximum atomic E-state index is 8.85. The normalized spacial score (nSPS) is 12.8. The first-order valence-electron chi connectivity index (χ1n) is 5.82. The summed E-state index contributed by atoms with van der Waals surface area (Å²) >= 11 is 1.60. The molecule has 0 aliphatic rings. The van der Waals surface area contributed by atoms with Crippen molar-refractivity contribution in [3.8, 4) is 0 Å². The SMILES string of the molecule is CO[C@H](C)c1nc(Cn2cc(CCO)cn2)cs1. The van der Waals surface area contributed by atoms with Crippen LogP contribution in [0.5, 0.6) is 0 Å². The first-order valence-corrected chi connectivity index (χ1v) is 6.70. The minimum atomic E-state index is 0.0336. The smallest absolute Gasteiger partial charge is 0.122 e. The second-order valence-corrected chi connectivity index (χ2v) is 4.96. The Bertz CT molecular complexity index is 495. The molecule has 1 N–H and O–H groups in total. The number of rotatable bonds is 6. The summed E-state index contributed by atoms with van der Waals surface area (Å²) in [6.07, 6.45) is 4.39. The molecule has 0 unspecified atom stereocenters. The Kier molecular flexibility index (Phi) is 4.46. The highest BCUT2D eigenvalue weighted by Gasteiger charge is 2.09. The van der Waals surface area contributed by atoms with E-state index in [-0.39, 0.29) is 12.7 Å². The van der Waals surface area contributed by atoms with Gasteiger partial charge in [0, 0.05) is 25.3 Å². The number of hydrogen-bond acceptors (Lipinski definition) is 5. The van der Waals surface area contributed by atoms with Crippen LogP contribution in [0.25, 0.3) is 0 Å². The van der Waals surface area contributed by atoms with Crippen LogP contribution in [-0.2, 0) is 17.7 Å². The maximum absolute atomic E-state index is 8.85. The van der Waals surface area contributed by atoms with Gasteiger partial charge in [0.1, 0.15) is 11.1 Å². The summed E-state index contributed by atoms with van der Waals surface area (Å²) < 4.78 is 7.07. The zero-order valence-electron chi connectivity index (χ0n) is 10.5. The summed E-state index contributed by atoms with van der Waals surface area (Å²) in [5.41, 5.74) is 2.02. The molecule has 5 nitrogen and oxygen atoms in total. The molecule has 0 aliphatic carbocycles. The summed E-state index contributed by atoms with van der Waals surface area (Å²) in [7, 11) is 1.68. The Labute approximate surface area is 110 Å². The van der Waals surface area contributed by atoms with Crippen LogP contribution >= 0.6 is 11.3 Å². The summed E-state index contributed by atoms with van der Waals surface area (Å²) in [4.78, 5) is 4.51. The van der Waals surface area contributed by atoms with Crippen LogP contribution in [0.4, 0.5) is 0 Å². The Morgan fingerprint density at radius 2 is 2.39 bits per heavy atom. The van der Waals surface area contributed by atoms with E-state index in [1.165, 1.54) is 0 Å². The fourth-order valence-electron chi connectivity index (χ4n) is 1.60. The summed E-state index contributed by atoms with van der Waals surface area (Å²) in [6, 6.07) is 0. The molecule has 0 radical (unpaired) electrons. The lowest BCUT2D eigenvalue weighted by Gasteiger charge is -2.03. The lowest BCUT2D eigenvalue weighted by Crippen LogP contribution is -2.01. The molecule has 1 atom stereocenters. The molecule has 0 aromatic carbocycles. The minimum absolute atomic E-state index is 0.0336. The van der Waals surface area contributed by atoms with Gasteiger partial charge in [-0.25, -0.2) is 4.98 Å². The van der Waals surface area contributed by atoms with E-state index in [0.29, 0.717) is 13.0 Å². The van der Waals surface area contributed by atoms with E-state index >= 15 is 0 Å². The van der Waals surface area contributed by atoms with E-state index in [2.05, 4.69) is 10.1 Å². The quantitative estimate of drug-likeness (QED) is 0.864. The Morgan fingerprint density at radius 1 is 1.56 bits per heavy atom. The monoisotopic (exact) mass is 267 g/mol. The molecule has 2 heterocycles. The average Bonchev–Trinajstić information content (AvgIpc) is 2.99. The third kappa shape index (κ3) is 3.16. The molecule has 2 rings (SSSR count). The van der Waals surface area contributed by atoms with Crippen molar-refractivity contribution in [2.24, 2.45) is 0 Å². The molecular formula is C12H17N3O2S. The molecule has 2 aromatic rings. The number of aliphatic hydroxyl groups excluding tert-OH is 1. The molecule has 0 fully saturated rings. The van der Waals surface area contributed by atoms with Gasteiger partial charge in [-0.15, -0.1) is 11.3 Å². The standard InChI is InChI=1S/C12H17N3O2S/c1-9(17-2)12-14-11(8-18-12)7-15-6-10(3-4-16)5-13-15/h5-6,8-9,16H,3-4,7H2,1-2H3/t9-/m1/s1. The Balaban J connectivity index is 2.01. The average molecular weight is 267 g/mol. The van der Waals surface area contributed by atoms with Crippen molar-refractivity contribution in [1.82, 2.24) is 14.8 Å². The van der Waals surface area contributed by atoms with Crippen LogP contribution in [0.1, 0.15) is 29.3 Å². The molecule has 18 heavy (non-hydrogen) atoms. The highest BCUT2D eigenvalue weighted by molar-refractivity contribution is 7.09. The molecule has 0 aliphatic heterocycles. The lowest BCUT2D eigenvalue weighted by molar-refractivity contribution is 0.119. The predicted octanol–water partition coefficient (Wildman–Crippen LogP) is 1.63. The summed E-state index contributed by atoms with van der Waals surface area (Å²) in [5, 5.41) is 16.1. The van der Waals surface area contributed by atoms with E-state index in [0.717, 1.165) is 16.3 Å². The molecule has 0 bridgehead atoms. The van der Waals surface area contributed by atoms with E-state index in [4.69, 9.17) is 9.84 Å². The van der Waals surface area contributed by atoms with Crippen molar-refractivity contribution in [3.63, 3.8) is 0 Å². The van der Waals surface area contributed by atoms with Crippen molar-refractivity contribution in [2.45, 2.75) is 26.0 Å². The number of hydrogen-bond donors (Lipinski definition) is 1. The van der Waals surface area contributed by atoms with E-state index in [1.807, 2.05) is 23.2 Å². The van der Waals surface area contributed by atoms with Gasteiger partial charge in [-0.3, -0.25) is 4.68 Å². The van der Waals surface area contributed by atoms with Gasteiger partial charge in [-0.1, -0.05) is 0 Å². The number of aromatic nitrogens is 3. The van der Waals surface area contributed by atoms with E-state index in [9.17, 15) is 0 Å². The fourth-order valence-corrected chi connectivity index (χ4v) is 2.44. The highest BCUT2D eigenvalue weighted by atomic mass is 32.1. The van der Waals surface area contributed by atoms with Gasteiger partial charge in [0.2, 0.25) is 0 Å². The van der Waals surface area contributed by atoms with Gasteiger partial charge < -0.3 is 9.84 Å². The van der Waals surface area contributed by atoms with Crippen molar-refractivity contribution < 1.29 is 9.84 Å². The number of thiazole rings is 1. The van der Waals surface area contributed by atoms with E-state index in [1.54, 1.807) is 24.6 Å². The largest absolute Gasteiger partial charge is 0.396 e. The Hall–Kier alpha value is -1.24. The second kappa shape index (κ2) is 6.08. The first-order chi connectivity index (χ1) is 8.72. The first kappa shape index (κ1) is 13.2. The lowest BCUT2D eigenvalue weighted by atomic mass is 10.3. The van der Waals surface area contributed by atoms with Crippen LogP contribution in [0.2, 0.25) is 0 Å². The van der Waals surface area contributed by atoms with Gasteiger partial charge in [0.15, 0.2) is 0 Å². The number of ether oxygens (including phenoxy) is 1. The predicted molar refractivity (Wildman–Crippen MR) is 69.7 cm³/mol. The topological polar surface area (TPSA) is 60.2 Å². The Morgan fingerprint density at radius 3 is 3.11 bits per heavy atom. The number of aliphatic hydroxyl groups is 1. The van der Waals surface area contributed by atoms with Gasteiger partial charge in [0.05, 0.1) is 18.4 Å². The summed E-state index contributed by atoms with van der Waals surface area (Å²) in [6.45, 7) is 2.78. The molecule has 6 heteroatoms. The van der Waals surface area contributed by atoms with Gasteiger partial charge in [-0.2, -0.15) is 5.10 Å². The van der Waals surface area contributed by atoms with Gasteiger partial charge in [0.25, 0.3) is 0 Å². The second-order valence-electron chi connectivity index (χ2n) is 4.07.